The molecule has 0 spiro atoms. The molecule has 0 aromatic heterocycles. The largest absolute Gasteiger partial charge is 0.392 e. The van der Waals surface area contributed by atoms with Crippen molar-refractivity contribution in [1.29, 1.82) is 0 Å². The van der Waals surface area contributed by atoms with E-state index in [4.69, 9.17) is 5.11 Å². The Hall–Kier alpha value is -0.343. The summed E-state index contributed by atoms with van der Waals surface area (Å²) >= 11 is 0. The van der Waals surface area contributed by atoms with Gasteiger partial charge in [-0.3, -0.25) is 0 Å². The van der Waals surface area contributed by atoms with Gasteiger partial charge in [-0.25, -0.2) is 0 Å². The quantitative estimate of drug-likeness (QED) is 0.507. The molecule has 0 aliphatic rings. The fraction of sp³-hybridized carbons (Fsp3) is 0.556. The summed E-state index contributed by atoms with van der Waals surface area (Å²) in [6.07, 6.45) is 2.66. The van der Waals surface area contributed by atoms with Crippen molar-refractivity contribution in [3.8, 4) is 0 Å². The molecule has 0 aliphatic heterocycles. The lowest BCUT2D eigenvalue weighted by molar-refractivity contribution is 0.329. The third-order valence-corrected chi connectivity index (χ3v) is 2.52. The first-order valence-electron chi connectivity index (χ1n) is 3.92. The van der Waals surface area contributed by atoms with Crippen molar-refractivity contribution in [2.45, 2.75) is 26.1 Å². The van der Waals surface area contributed by atoms with Crippen molar-refractivity contribution in [3.63, 3.8) is 0 Å². The van der Waals surface area contributed by atoms with E-state index in [2.05, 4.69) is 31.9 Å². The van der Waals surface area contributed by atoms with Gasteiger partial charge < -0.3 is 5.11 Å². The van der Waals surface area contributed by atoms with Gasteiger partial charge in [0.1, 0.15) is 0 Å². The maximum atomic E-state index is 8.93. The van der Waals surface area contributed by atoms with Gasteiger partial charge in [-0.1, -0.05) is 31.4 Å². The Morgan fingerprint density at radius 3 is 2.27 bits per heavy atom. The first kappa shape index (κ1) is 10.7. The molecule has 0 fully saturated rings. The lowest BCUT2D eigenvalue weighted by atomic mass is 10.2. The van der Waals surface area contributed by atoms with Gasteiger partial charge in [0, 0.05) is 0 Å². The summed E-state index contributed by atoms with van der Waals surface area (Å²) in [5.74, 6) is 0. The third kappa shape index (κ3) is 6.07. The van der Waals surface area contributed by atoms with E-state index in [9.17, 15) is 0 Å². The molecule has 0 saturated carbocycles. The molecule has 0 atom stereocenters. The first-order valence-corrected chi connectivity index (χ1v) is 7.49. The second-order valence-corrected chi connectivity index (χ2v) is 8.84. The molecule has 64 valence electrons. The average molecular weight is 170 g/mol. The molecule has 0 aromatic rings. The molecule has 0 saturated heterocycles. The average Bonchev–Trinajstić information content (AvgIpc) is 1.84. The van der Waals surface area contributed by atoms with Gasteiger partial charge in [-0.2, -0.15) is 0 Å². The van der Waals surface area contributed by atoms with Crippen molar-refractivity contribution < 1.29 is 5.11 Å². The van der Waals surface area contributed by atoms with Crippen LogP contribution < -0.4 is 0 Å². The van der Waals surface area contributed by atoms with Crippen molar-refractivity contribution in [3.05, 3.63) is 23.9 Å². The van der Waals surface area contributed by atoms with Crippen molar-refractivity contribution >= 4 is 8.07 Å². The maximum absolute atomic E-state index is 8.93. The molecule has 0 heterocycles. The van der Waals surface area contributed by atoms with Gasteiger partial charge in [0.25, 0.3) is 0 Å². The van der Waals surface area contributed by atoms with Crippen LogP contribution in [0.25, 0.3) is 0 Å². The van der Waals surface area contributed by atoms with Crippen molar-refractivity contribution in [2.24, 2.45) is 0 Å². The highest BCUT2D eigenvalue weighted by molar-refractivity contribution is 6.81. The minimum absolute atomic E-state index is 0.177. The number of allylic oxidation sites excluding steroid dienone is 1. The summed E-state index contributed by atoms with van der Waals surface area (Å²) in [5, 5.41) is 8.93. The molecule has 2 heteroatoms. The summed E-state index contributed by atoms with van der Waals surface area (Å²) in [7, 11) is -1.15. The molecular formula is C9H18OSi. The van der Waals surface area contributed by atoms with Crippen LogP contribution >= 0.6 is 0 Å². The summed E-state index contributed by atoms with van der Waals surface area (Å²) in [6.45, 7) is 10.6. The first-order chi connectivity index (χ1) is 4.99. The van der Waals surface area contributed by atoms with Gasteiger partial charge in [-0.15, -0.1) is 6.58 Å². The van der Waals surface area contributed by atoms with Crippen LogP contribution in [0.15, 0.2) is 23.9 Å². The maximum Gasteiger partial charge on any atom is 0.0687 e. The van der Waals surface area contributed by atoms with Crippen LogP contribution in [0, 0.1) is 0 Å². The summed E-state index contributed by atoms with van der Waals surface area (Å²) in [5.41, 5.74) is 3.34. The van der Waals surface area contributed by atoms with Crippen LogP contribution in [-0.4, -0.2) is 19.8 Å². The topological polar surface area (TPSA) is 20.2 Å². The van der Waals surface area contributed by atoms with Crippen LogP contribution in [0.1, 0.15) is 6.42 Å². The molecule has 0 bridgehead atoms. The Morgan fingerprint density at radius 2 is 2.00 bits per heavy atom. The highest BCUT2D eigenvalue weighted by Crippen LogP contribution is 2.09. The monoisotopic (exact) mass is 170 g/mol. The summed E-state index contributed by atoms with van der Waals surface area (Å²) in [6, 6.07) is 0. The Balaban J connectivity index is 4.22. The van der Waals surface area contributed by atoms with E-state index in [1.165, 1.54) is 0 Å². The molecule has 1 N–H and O–H groups in total. The minimum Gasteiger partial charge on any atom is -0.392 e. The van der Waals surface area contributed by atoms with E-state index in [0.29, 0.717) is 0 Å². The van der Waals surface area contributed by atoms with Crippen molar-refractivity contribution in [1.82, 2.24) is 0 Å². The van der Waals surface area contributed by atoms with Gasteiger partial charge in [0.05, 0.1) is 14.7 Å². The second-order valence-electron chi connectivity index (χ2n) is 3.82. The zero-order chi connectivity index (χ0) is 8.91. The molecule has 0 unspecified atom stereocenters. The Kier molecular flexibility index (Phi) is 4.38. The predicted octanol–water partition coefficient (Wildman–Crippen LogP) is 2.36. The molecule has 1 nitrogen and oxygen atoms in total. The van der Waals surface area contributed by atoms with E-state index in [1.54, 1.807) is 0 Å². The highest BCUT2D eigenvalue weighted by Gasteiger charge is 2.09. The minimum atomic E-state index is -1.15. The van der Waals surface area contributed by atoms with Crippen LogP contribution in [0.5, 0.6) is 0 Å². The fourth-order valence-corrected chi connectivity index (χ4v) is 2.40. The molecule has 0 rings (SSSR count). The SMILES string of the molecule is C=CCC(=C[Si](C)(C)C)CO. The van der Waals surface area contributed by atoms with Gasteiger partial charge >= 0.3 is 0 Å². The van der Waals surface area contributed by atoms with Gasteiger partial charge in [0.2, 0.25) is 0 Å². The predicted molar refractivity (Wildman–Crippen MR) is 53.3 cm³/mol. The van der Waals surface area contributed by atoms with E-state index < -0.39 is 8.07 Å². The molecule has 0 aliphatic carbocycles. The van der Waals surface area contributed by atoms with Crippen LogP contribution in [0.2, 0.25) is 19.6 Å². The van der Waals surface area contributed by atoms with E-state index in [0.717, 1.165) is 12.0 Å². The molecule has 0 radical (unpaired) electrons. The number of aliphatic hydroxyl groups excluding tert-OH is 1. The normalized spacial score (nSPS) is 13.3. The molecule has 11 heavy (non-hydrogen) atoms. The van der Waals surface area contributed by atoms with E-state index in [-0.39, 0.29) is 6.61 Å². The molecular weight excluding hydrogens is 152 g/mol. The smallest absolute Gasteiger partial charge is 0.0687 e. The summed E-state index contributed by atoms with van der Waals surface area (Å²) < 4.78 is 0. The number of hydrogen-bond donors (Lipinski definition) is 1. The van der Waals surface area contributed by atoms with E-state index in [1.807, 2.05) is 6.08 Å². The van der Waals surface area contributed by atoms with E-state index >= 15 is 0 Å². The Bertz CT molecular complexity index is 153. The lowest BCUT2D eigenvalue weighted by Crippen LogP contribution is -2.17. The lowest BCUT2D eigenvalue weighted by Gasteiger charge is -2.11. The number of rotatable bonds is 4. The number of hydrogen-bond acceptors (Lipinski definition) is 1. The Morgan fingerprint density at radius 1 is 1.45 bits per heavy atom. The zero-order valence-electron chi connectivity index (χ0n) is 7.72. The highest BCUT2D eigenvalue weighted by atomic mass is 28.3. The van der Waals surface area contributed by atoms with Crippen LogP contribution in [0.3, 0.4) is 0 Å². The molecule has 0 amide bonds. The zero-order valence-corrected chi connectivity index (χ0v) is 8.72. The molecule has 0 aromatic carbocycles. The standard InChI is InChI=1S/C9H18OSi/c1-5-6-9(7-10)8-11(2,3)4/h5,8,10H,1,6-7H2,2-4H3. The Labute approximate surface area is 70.5 Å². The van der Waals surface area contributed by atoms with Crippen LogP contribution in [0.4, 0.5) is 0 Å². The van der Waals surface area contributed by atoms with Crippen molar-refractivity contribution in [2.75, 3.05) is 6.61 Å². The van der Waals surface area contributed by atoms with Gasteiger partial charge in [0.15, 0.2) is 0 Å². The van der Waals surface area contributed by atoms with Crippen LogP contribution in [-0.2, 0) is 0 Å². The number of aliphatic hydroxyl groups is 1. The fourth-order valence-electron chi connectivity index (χ4n) is 0.967. The van der Waals surface area contributed by atoms with Gasteiger partial charge in [-0.05, 0) is 12.0 Å². The second kappa shape index (κ2) is 4.52. The third-order valence-electron chi connectivity index (χ3n) is 1.25. The summed E-state index contributed by atoms with van der Waals surface area (Å²) in [4.78, 5) is 0.